The van der Waals surface area contributed by atoms with Gasteiger partial charge in [0.1, 0.15) is 104 Å². The Hall–Kier alpha value is -1.26. The maximum Gasteiger partial charge on any atom is 0.187 e. The van der Waals surface area contributed by atoms with Crippen LogP contribution in [0.5, 0.6) is 0 Å². The Kier molecular flexibility index (Phi) is 19.7. The molecule has 25 heteroatoms. The van der Waals surface area contributed by atoms with Crippen molar-refractivity contribution in [2.45, 2.75) is 278 Å². The van der Waals surface area contributed by atoms with Crippen LogP contribution in [0.4, 0.5) is 0 Å². The van der Waals surface area contributed by atoms with Crippen molar-refractivity contribution in [3.8, 4) is 0 Å². The minimum Gasteiger partial charge on any atom is -0.394 e. The lowest BCUT2D eigenvalue weighted by Gasteiger charge is -2.58. The van der Waals surface area contributed by atoms with E-state index in [4.69, 9.17) is 52.1 Å². The average molecular weight is 1180 g/mol. The maximum absolute atomic E-state index is 12.3. The number of rotatable bonds is 16. The molecule has 14 N–H and O–H groups in total. The van der Waals surface area contributed by atoms with Crippen LogP contribution in [0.25, 0.3) is 0 Å². The zero-order valence-electron chi connectivity index (χ0n) is 47.9. The van der Waals surface area contributed by atoms with Crippen LogP contribution >= 0.6 is 0 Å². The third-order valence-electron chi connectivity index (χ3n) is 21.4. The zero-order valence-corrected chi connectivity index (χ0v) is 47.9. The van der Waals surface area contributed by atoms with Crippen LogP contribution in [0.1, 0.15) is 106 Å². The topological polar surface area (TPSA) is 385 Å². The Morgan fingerprint density at radius 3 is 1.73 bits per heavy atom. The molecule has 36 unspecified atom stereocenters. The maximum atomic E-state index is 12.3. The highest BCUT2D eigenvalue weighted by Crippen LogP contribution is 2.69. The van der Waals surface area contributed by atoms with Gasteiger partial charge in [0.05, 0.1) is 56.4 Å². The van der Waals surface area contributed by atoms with Crippen LogP contribution in [0.2, 0.25) is 0 Å². The number of fused-ring (bicyclic) bond motifs is 7. The molecule has 0 aromatic heterocycles. The van der Waals surface area contributed by atoms with Crippen molar-refractivity contribution in [3.05, 3.63) is 11.6 Å². The minimum absolute atomic E-state index is 0.0872. The van der Waals surface area contributed by atoms with Gasteiger partial charge >= 0.3 is 0 Å². The number of hydrogen-bond acceptors (Lipinski definition) is 25. The molecular weight excluding hydrogens is 1080 g/mol. The third-order valence-corrected chi connectivity index (χ3v) is 21.4. The Bertz CT molecular complexity index is 2150. The van der Waals surface area contributed by atoms with Crippen LogP contribution in [0.3, 0.4) is 0 Å². The molecule has 3 saturated carbocycles. The van der Waals surface area contributed by atoms with Crippen LogP contribution in [0.15, 0.2) is 11.6 Å². The molecule has 10 rings (SSSR count). The van der Waals surface area contributed by atoms with Crippen molar-refractivity contribution in [2.75, 3.05) is 19.8 Å². The van der Waals surface area contributed by atoms with Gasteiger partial charge in [-0.15, -0.1) is 0 Å². The summed E-state index contributed by atoms with van der Waals surface area (Å²) in [6, 6.07) is 0. The van der Waals surface area contributed by atoms with Crippen LogP contribution in [0, 0.1) is 46.3 Å². The van der Waals surface area contributed by atoms with E-state index in [1.54, 1.807) is 0 Å². The molecule has 82 heavy (non-hydrogen) atoms. The SMILES string of the molecule is CC(CCC1OC2CC3C4CC=C5CC(OC6OC(CO)C(OC7OC(C)C(OC8OC(C)C(O)C(O)C8O)C(O)C7O)C(O)C6OC6OC(C)C(O)C(O)C6O)CCC5(C)C4CCC3(C)C2C1C)COC1OC(CO)C(O)C(O)C1O. The number of aliphatic hydroxyl groups is 14. The quantitative estimate of drug-likeness (QED) is 0.0714. The summed E-state index contributed by atoms with van der Waals surface area (Å²) in [5, 5.41) is 150. The van der Waals surface area contributed by atoms with E-state index in [-0.39, 0.29) is 35.6 Å². The number of allylic oxidation sites excluding steroid dienone is 1. The van der Waals surface area contributed by atoms with Gasteiger partial charge in [-0.1, -0.05) is 39.3 Å². The van der Waals surface area contributed by atoms with Crippen LogP contribution in [-0.2, 0) is 52.1 Å². The van der Waals surface area contributed by atoms with Crippen molar-refractivity contribution < 1.29 is 124 Å². The summed E-state index contributed by atoms with van der Waals surface area (Å²) in [4.78, 5) is 0. The van der Waals surface area contributed by atoms with Gasteiger partial charge < -0.3 is 124 Å². The summed E-state index contributed by atoms with van der Waals surface area (Å²) in [6.45, 7) is 12.7. The fraction of sp³-hybridized carbons (Fsp3) is 0.965. The van der Waals surface area contributed by atoms with E-state index < -0.39 is 173 Å². The molecule has 472 valence electrons. The molecule has 10 aliphatic rings. The monoisotopic (exact) mass is 1180 g/mol. The summed E-state index contributed by atoms with van der Waals surface area (Å²) < 4.78 is 67.1. The average Bonchev–Trinajstić information content (AvgIpc) is 4.16. The third kappa shape index (κ3) is 11.7. The molecule has 6 heterocycles. The molecule has 6 saturated heterocycles. The van der Waals surface area contributed by atoms with E-state index in [9.17, 15) is 71.5 Å². The predicted molar refractivity (Wildman–Crippen MR) is 279 cm³/mol. The Balaban J connectivity index is 0.779. The molecule has 9 fully saturated rings. The predicted octanol–water partition coefficient (Wildman–Crippen LogP) is -2.45. The highest BCUT2D eigenvalue weighted by atomic mass is 16.8. The largest absolute Gasteiger partial charge is 0.394 e. The van der Waals surface area contributed by atoms with Gasteiger partial charge in [0.25, 0.3) is 0 Å². The fourth-order valence-corrected chi connectivity index (χ4v) is 16.4. The second-order valence-corrected chi connectivity index (χ2v) is 26.4. The molecule has 4 aliphatic carbocycles. The van der Waals surface area contributed by atoms with Gasteiger partial charge in [-0.05, 0) is 125 Å². The fourth-order valence-electron chi connectivity index (χ4n) is 16.4. The van der Waals surface area contributed by atoms with Crippen LogP contribution < -0.4 is 0 Å². The van der Waals surface area contributed by atoms with E-state index in [0.29, 0.717) is 42.4 Å². The second-order valence-electron chi connectivity index (χ2n) is 26.4. The van der Waals surface area contributed by atoms with E-state index in [2.05, 4.69) is 33.8 Å². The summed E-state index contributed by atoms with van der Waals surface area (Å²) in [5.74, 6) is 2.20. The normalized spacial score (nSPS) is 55.5. The van der Waals surface area contributed by atoms with Gasteiger partial charge in [0.15, 0.2) is 31.5 Å². The summed E-state index contributed by atoms with van der Waals surface area (Å²) >= 11 is 0. The lowest BCUT2D eigenvalue weighted by Crippen LogP contribution is -2.67. The van der Waals surface area contributed by atoms with E-state index in [1.165, 1.54) is 26.3 Å². The molecule has 36 atom stereocenters. The van der Waals surface area contributed by atoms with Gasteiger partial charge in [0.2, 0.25) is 0 Å². The zero-order chi connectivity index (χ0) is 59.2. The first-order chi connectivity index (χ1) is 38.8. The molecule has 0 aromatic rings. The Morgan fingerprint density at radius 1 is 0.537 bits per heavy atom. The molecule has 0 aromatic carbocycles. The molecule has 25 nitrogen and oxygen atoms in total. The van der Waals surface area contributed by atoms with E-state index in [1.807, 2.05) is 0 Å². The van der Waals surface area contributed by atoms with Crippen molar-refractivity contribution in [1.29, 1.82) is 0 Å². The minimum atomic E-state index is -1.87. The number of ether oxygens (including phenoxy) is 11. The molecule has 6 aliphatic heterocycles. The summed E-state index contributed by atoms with van der Waals surface area (Å²) in [5.41, 5.74) is 1.25. The van der Waals surface area contributed by atoms with E-state index in [0.717, 1.165) is 44.9 Å². The highest BCUT2D eigenvalue weighted by Gasteiger charge is 2.66. The van der Waals surface area contributed by atoms with Gasteiger partial charge in [-0.2, -0.15) is 0 Å². The Labute approximate surface area is 478 Å². The highest BCUT2D eigenvalue weighted by molar-refractivity contribution is 5.26. The van der Waals surface area contributed by atoms with Gasteiger partial charge in [-0.3, -0.25) is 0 Å². The molecule has 0 amide bonds. The van der Waals surface area contributed by atoms with Gasteiger partial charge in [0, 0.05) is 0 Å². The van der Waals surface area contributed by atoms with Crippen molar-refractivity contribution in [3.63, 3.8) is 0 Å². The molecule has 0 radical (unpaired) electrons. The number of aliphatic hydroxyl groups excluding tert-OH is 14. The molecular formula is C57H94O25. The van der Waals surface area contributed by atoms with Crippen molar-refractivity contribution >= 4 is 0 Å². The Morgan fingerprint density at radius 2 is 1.10 bits per heavy atom. The van der Waals surface area contributed by atoms with Crippen molar-refractivity contribution in [1.82, 2.24) is 0 Å². The first kappa shape index (κ1) is 63.7. The smallest absolute Gasteiger partial charge is 0.187 e. The van der Waals surface area contributed by atoms with Gasteiger partial charge in [-0.25, -0.2) is 0 Å². The first-order valence-electron chi connectivity index (χ1n) is 30.1. The molecule has 0 spiro atoms. The number of hydrogen-bond donors (Lipinski definition) is 14. The lowest BCUT2D eigenvalue weighted by molar-refractivity contribution is -0.394. The summed E-state index contributed by atoms with van der Waals surface area (Å²) in [6.07, 6.45) is -27.0. The standard InChI is InChI=1S/C57H94O25/c1-21(20-72-51-43(67)41(65)38(62)33(18-58)78-51)8-11-31-22(2)35-32(77-31)17-30-28-10-9-26-16-27(12-14-56(26,6)29(28)13-15-57(30,35)7)76-55-50(82-53-45(69)40(64)37(61)24(4)74-53)47(71)49(34(19-59)79-55)81-54-46(70)42(66)48(25(5)75-54)80-52-44(68)39(63)36(60)23(3)73-52/h9,21-25,27-55,58-71H,8,10-20H2,1-7H3. The first-order valence-corrected chi connectivity index (χ1v) is 30.1. The lowest BCUT2D eigenvalue weighted by atomic mass is 9.47. The summed E-state index contributed by atoms with van der Waals surface area (Å²) in [7, 11) is 0. The van der Waals surface area contributed by atoms with Crippen molar-refractivity contribution in [2.24, 2.45) is 46.3 Å². The van der Waals surface area contributed by atoms with E-state index >= 15 is 0 Å². The van der Waals surface area contributed by atoms with Crippen LogP contribution in [-0.4, -0.2) is 263 Å². The second kappa shape index (κ2) is 25.3. The molecule has 0 bridgehead atoms.